The zero-order valence-corrected chi connectivity index (χ0v) is 5.00. The van der Waals surface area contributed by atoms with E-state index in [9.17, 15) is 0 Å². The summed E-state index contributed by atoms with van der Waals surface area (Å²) in [6.45, 7) is 4.73. The fourth-order valence-corrected chi connectivity index (χ4v) is 0.739. The summed E-state index contributed by atoms with van der Waals surface area (Å²) in [6.07, 6.45) is 1.58. The van der Waals surface area contributed by atoms with Crippen molar-refractivity contribution >= 4 is 0 Å². The van der Waals surface area contributed by atoms with E-state index >= 15 is 0 Å². The molecule has 9 heavy (non-hydrogen) atoms. The topological polar surface area (TPSA) is 34.3 Å². The largest absolute Gasteiger partial charge is 0.343 e. The molecule has 2 aliphatic heterocycles. The summed E-state index contributed by atoms with van der Waals surface area (Å²) >= 11 is 0. The van der Waals surface area contributed by atoms with E-state index in [0.717, 1.165) is 0 Å². The Balaban J connectivity index is 1.72. The van der Waals surface area contributed by atoms with E-state index in [1.165, 1.54) is 0 Å². The zero-order chi connectivity index (χ0) is 6.32. The second-order valence-electron chi connectivity index (χ2n) is 2.17. The molecule has 0 aromatic heterocycles. The first-order valence-corrected chi connectivity index (χ1v) is 2.92. The van der Waals surface area contributed by atoms with E-state index in [-0.39, 0.29) is 12.1 Å². The minimum absolute atomic E-state index is 0.115. The van der Waals surface area contributed by atoms with Gasteiger partial charge in [-0.1, -0.05) is 6.08 Å². The van der Waals surface area contributed by atoms with Gasteiger partial charge in [-0.25, -0.2) is 0 Å². The minimum Gasteiger partial charge on any atom is -0.343 e. The molecule has 50 valence electrons. The highest BCUT2D eigenvalue weighted by atomic mass is 16.9. The first-order valence-electron chi connectivity index (χ1n) is 2.92. The molecule has 2 rings (SSSR count). The average Bonchev–Trinajstić information content (AvgIpc) is 2.72. The standard InChI is InChI=1S/C6H8O3/c1-2-3-7-5-6(9-5)4-8-6/h2,5H,1,3-4H2. The van der Waals surface area contributed by atoms with Crippen molar-refractivity contribution in [2.45, 2.75) is 12.1 Å². The van der Waals surface area contributed by atoms with Crippen molar-refractivity contribution < 1.29 is 14.2 Å². The Kier molecular flexibility index (Phi) is 0.939. The lowest BCUT2D eigenvalue weighted by atomic mass is 10.5. The third kappa shape index (κ3) is 0.775. The monoisotopic (exact) mass is 128 g/mol. The fraction of sp³-hybridized carbons (Fsp3) is 0.667. The molecule has 0 N–H and O–H groups in total. The van der Waals surface area contributed by atoms with Crippen molar-refractivity contribution in [1.82, 2.24) is 0 Å². The predicted octanol–water partition coefficient (Wildman–Crippen LogP) is 0.272. The van der Waals surface area contributed by atoms with Crippen LogP contribution in [0.2, 0.25) is 0 Å². The van der Waals surface area contributed by atoms with Crippen molar-refractivity contribution in [3.63, 3.8) is 0 Å². The summed E-state index contributed by atoms with van der Waals surface area (Å²) in [7, 11) is 0. The SMILES string of the molecule is C=CCOC1OC12CO2. The predicted molar refractivity (Wildman–Crippen MR) is 29.7 cm³/mol. The van der Waals surface area contributed by atoms with Gasteiger partial charge in [0.05, 0.1) is 6.61 Å². The maximum atomic E-state index is 5.11. The Morgan fingerprint density at radius 2 is 2.67 bits per heavy atom. The van der Waals surface area contributed by atoms with Crippen LogP contribution >= 0.6 is 0 Å². The normalized spacial score (nSPS) is 45.1. The summed E-state index contributed by atoms with van der Waals surface area (Å²) < 4.78 is 15.1. The third-order valence-corrected chi connectivity index (χ3v) is 1.40. The molecule has 0 aliphatic carbocycles. The molecule has 1 spiro atoms. The van der Waals surface area contributed by atoms with Gasteiger partial charge in [-0.05, 0) is 0 Å². The summed E-state index contributed by atoms with van der Waals surface area (Å²) in [4.78, 5) is 0. The van der Waals surface area contributed by atoms with Gasteiger partial charge in [0.2, 0.25) is 12.1 Å². The van der Waals surface area contributed by atoms with Crippen LogP contribution in [0, 0.1) is 0 Å². The van der Waals surface area contributed by atoms with Crippen molar-refractivity contribution in [3.8, 4) is 0 Å². The van der Waals surface area contributed by atoms with Crippen LogP contribution in [-0.4, -0.2) is 25.3 Å². The van der Waals surface area contributed by atoms with Gasteiger partial charge >= 0.3 is 0 Å². The summed E-state index contributed by atoms with van der Waals surface area (Å²) in [6, 6.07) is 0. The van der Waals surface area contributed by atoms with Gasteiger partial charge in [0.25, 0.3) is 0 Å². The van der Waals surface area contributed by atoms with Gasteiger partial charge in [-0.15, -0.1) is 6.58 Å². The lowest BCUT2D eigenvalue weighted by molar-refractivity contribution is 0.0696. The molecule has 0 saturated carbocycles. The number of ether oxygens (including phenoxy) is 3. The van der Waals surface area contributed by atoms with Gasteiger partial charge in [0.1, 0.15) is 6.61 Å². The van der Waals surface area contributed by atoms with E-state index < -0.39 is 0 Å². The number of hydrogen-bond acceptors (Lipinski definition) is 3. The van der Waals surface area contributed by atoms with Gasteiger partial charge in [0.15, 0.2) is 0 Å². The van der Waals surface area contributed by atoms with Crippen LogP contribution in [0.25, 0.3) is 0 Å². The second kappa shape index (κ2) is 1.56. The van der Waals surface area contributed by atoms with E-state index in [2.05, 4.69) is 6.58 Å². The molecular weight excluding hydrogens is 120 g/mol. The molecule has 2 atom stereocenters. The Bertz CT molecular complexity index is 139. The molecule has 0 aromatic carbocycles. The van der Waals surface area contributed by atoms with E-state index in [4.69, 9.17) is 14.2 Å². The third-order valence-electron chi connectivity index (χ3n) is 1.40. The lowest BCUT2D eigenvalue weighted by Gasteiger charge is -1.88. The Morgan fingerprint density at radius 1 is 1.89 bits per heavy atom. The van der Waals surface area contributed by atoms with Crippen LogP contribution in [-0.2, 0) is 14.2 Å². The molecule has 3 nitrogen and oxygen atoms in total. The van der Waals surface area contributed by atoms with Crippen LogP contribution in [0.4, 0.5) is 0 Å². The number of rotatable bonds is 3. The first-order chi connectivity index (χ1) is 4.37. The first kappa shape index (κ1) is 5.41. The van der Waals surface area contributed by atoms with Crippen LogP contribution < -0.4 is 0 Å². The Hall–Kier alpha value is -0.380. The minimum atomic E-state index is -0.303. The van der Waals surface area contributed by atoms with Crippen LogP contribution in [0.1, 0.15) is 0 Å². The maximum Gasteiger partial charge on any atom is 0.247 e. The van der Waals surface area contributed by atoms with Crippen molar-refractivity contribution in [2.75, 3.05) is 13.2 Å². The summed E-state index contributed by atoms with van der Waals surface area (Å²) in [5.74, 6) is -0.303. The van der Waals surface area contributed by atoms with Gasteiger partial charge < -0.3 is 14.2 Å². The van der Waals surface area contributed by atoms with E-state index in [0.29, 0.717) is 13.2 Å². The smallest absolute Gasteiger partial charge is 0.247 e. The zero-order valence-electron chi connectivity index (χ0n) is 5.00. The van der Waals surface area contributed by atoms with E-state index in [1.54, 1.807) is 6.08 Å². The second-order valence-corrected chi connectivity index (χ2v) is 2.17. The number of epoxide rings is 2. The Morgan fingerprint density at radius 3 is 3.11 bits per heavy atom. The Labute approximate surface area is 53.2 Å². The molecule has 2 fully saturated rings. The van der Waals surface area contributed by atoms with Crippen LogP contribution in [0.5, 0.6) is 0 Å². The van der Waals surface area contributed by atoms with Crippen molar-refractivity contribution in [1.29, 1.82) is 0 Å². The van der Waals surface area contributed by atoms with Crippen molar-refractivity contribution in [2.24, 2.45) is 0 Å². The summed E-state index contributed by atoms with van der Waals surface area (Å²) in [5.41, 5.74) is 0. The highest BCUT2D eigenvalue weighted by Crippen LogP contribution is 2.49. The summed E-state index contributed by atoms with van der Waals surface area (Å²) in [5, 5.41) is 0. The highest BCUT2D eigenvalue weighted by Gasteiger charge is 2.70. The molecule has 3 heteroatoms. The molecule has 0 bridgehead atoms. The molecule has 0 radical (unpaired) electrons. The maximum absolute atomic E-state index is 5.11. The number of hydrogen-bond donors (Lipinski definition) is 0. The van der Waals surface area contributed by atoms with Gasteiger partial charge in [-0.3, -0.25) is 0 Å². The molecule has 2 heterocycles. The van der Waals surface area contributed by atoms with Crippen LogP contribution in [0.15, 0.2) is 12.7 Å². The van der Waals surface area contributed by atoms with Gasteiger partial charge in [0, 0.05) is 0 Å². The average molecular weight is 128 g/mol. The molecule has 2 saturated heterocycles. The van der Waals surface area contributed by atoms with Crippen molar-refractivity contribution in [3.05, 3.63) is 12.7 Å². The van der Waals surface area contributed by atoms with Gasteiger partial charge in [-0.2, -0.15) is 0 Å². The fourth-order valence-electron chi connectivity index (χ4n) is 0.739. The van der Waals surface area contributed by atoms with Crippen LogP contribution in [0.3, 0.4) is 0 Å². The molecule has 2 unspecified atom stereocenters. The molecule has 2 aliphatic rings. The lowest BCUT2D eigenvalue weighted by Crippen LogP contribution is -2.00. The molecule has 0 aromatic rings. The highest BCUT2D eigenvalue weighted by molar-refractivity contribution is 4.99. The molecule has 0 amide bonds. The van der Waals surface area contributed by atoms with E-state index in [1.807, 2.05) is 0 Å². The quantitative estimate of drug-likeness (QED) is 0.404. The molecular formula is C6H8O3.